The lowest BCUT2D eigenvalue weighted by molar-refractivity contribution is 0.0345. The van der Waals surface area contributed by atoms with Crippen LogP contribution < -0.4 is 10.5 Å². The molecule has 1 aliphatic carbocycles. The lowest BCUT2D eigenvalue weighted by Crippen LogP contribution is -2.22. The van der Waals surface area contributed by atoms with E-state index in [9.17, 15) is 0 Å². The molecule has 1 aromatic rings. The first kappa shape index (κ1) is 16.3. The van der Waals surface area contributed by atoms with Crippen LogP contribution in [-0.4, -0.2) is 18.8 Å². The minimum absolute atomic E-state index is 0.0543. The summed E-state index contributed by atoms with van der Waals surface area (Å²) >= 11 is 0. The van der Waals surface area contributed by atoms with Crippen LogP contribution in [0.5, 0.6) is 5.75 Å². The highest BCUT2D eigenvalue weighted by Crippen LogP contribution is 2.22. The van der Waals surface area contributed by atoms with Crippen molar-refractivity contribution in [3.63, 3.8) is 0 Å². The zero-order chi connectivity index (χ0) is 15.1. The summed E-state index contributed by atoms with van der Waals surface area (Å²) < 4.78 is 11.7. The van der Waals surface area contributed by atoms with E-state index in [1.807, 2.05) is 38.1 Å². The summed E-state index contributed by atoms with van der Waals surface area (Å²) in [7, 11) is 0. The van der Waals surface area contributed by atoms with E-state index in [2.05, 4.69) is 0 Å². The van der Waals surface area contributed by atoms with E-state index in [-0.39, 0.29) is 12.1 Å². The van der Waals surface area contributed by atoms with E-state index in [1.165, 1.54) is 38.5 Å². The van der Waals surface area contributed by atoms with Crippen LogP contribution in [0.4, 0.5) is 0 Å². The summed E-state index contributed by atoms with van der Waals surface area (Å²) in [5, 5.41) is 0. The molecule has 0 bridgehead atoms. The molecule has 0 aromatic heterocycles. The fraction of sp³-hybridized carbons (Fsp3) is 0.667. The average Bonchev–Trinajstić information content (AvgIpc) is 2.73. The van der Waals surface area contributed by atoms with Gasteiger partial charge in [0.05, 0.1) is 24.9 Å². The SMILES string of the molecule is CC(C)Oc1ccc(C(N)COC2CCCCCC2)cc1. The van der Waals surface area contributed by atoms with E-state index in [0.717, 1.165) is 11.3 Å². The molecule has 0 spiro atoms. The first-order chi connectivity index (χ1) is 10.1. The molecule has 3 nitrogen and oxygen atoms in total. The topological polar surface area (TPSA) is 44.5 Å². The number of hydrogen-bond donors (Lipinski definition) is 1. The Labute approximate surface area is 128 Å². The van der Waals surface area contributed by atoms with Crippen molar-refractivity contribution in [3.05, 3.63) is 29.8 Å². The Balaban J connectivity index is 1.80. The predicted octanol–water partition coefficient (Wildman–Crippen LogP) is 4.21. The molecule has 118 valence electrons. The maximum atomic E-state index is 6.24. The Morgan fingerprint density at radius 3 is 2.24 bits per heavy atom. The highest BCUT2D eigenvalue weighted by molar-refractivity contribution is 5.29. The van der Waals surface area contributed by atoms with Crippen LogP contribution in [0.3, 0.4) is 0 Å². The Kier molecular flexibility index (Phi) is 6.52. The normalized spacial score (nSPS) is 18.5. The molecule has 1 aliphatic rings. The van der Waals surface area contributed by atoms with Crippen molar-refractivity contribution in [1.82, 2.24) is 0 Å². The monoisotopic (exact) mass is 291 g/mol. The minimum atomic E-state index is -0.0543. The third-order valence-corrected chi connectivity index (χ3v) is 3.99. The van der Waals surface area contributed by atoms with Crippen LogP contribution in [-0.2, 0) is 4.74 Å². The summed E-state index contributed by atoms with van der Waals surface area (Å²) in [5.74, 6) is 0.894. The van der Waals surface area contributed by atoms with Crippen LogP contribution in [0, 0.1) is 0 Å². The van der Waals surface area contributed by atoms with E-state index in [4.69, 9.17) is 15.2 Å². The van der Waals surface area contributed by atoms with Crippen LogP contribution in [0.15, 0.2) is 24.3 Å². The number of nitrogens with two attached hydrogens (primary N) is 1. The van der Waals surface area contributed by atoms with Gasteiger partial charge >= 0.3 is 0 Å². The predicted molar refractivity (Wildman–Crippen MR) is 86.6 cm³/mol. The molecule has 1 fully saturated rings. The second-order valence-electron chi connectivity index (χ2n) is 6.29. The van der Waals surface area contributed by atoms with Crippen molar-refractivity contribution in [2.75, 3.05) is 6.61 Å². The summed E-state index contributed by atoms with van der Waals surface area (Å²) in [6.45, 7) is 4.66. The van der Waals surface area contributed by atoms with E-state index >= 15 is 0 Å². The minimum Gasteiger partial charge on any atom is -0.491 e. The lowest BCUT2D eigenvalue weighted by Gasteiger charge is -2.19. The zero-order valence-electron chi connectivity index (χ0n) is 13.4. The van der Waals surface area contributed by atoms with E-state index < -0.39 is 0 Å². The molecular weight excluding hydrogens is 262 g/mol. The van der Waals surface area contributed by atoms with Crippen molar-refractivity contribution in [3.8, 4) is 5.75 Å². The van der Waals surface area contributed by atoms with Crippen LogP contribution >= 0.6 is 0 Å². The zero-order valence-corrected chi connectivity index (χ0v) is 13.4. The maximum Gasteiger partial charge on any atom is 0.119 e. The molecule has 2 N–H and O–H groups in total. The highest BCUT2D eigenvalue weighted by atomic mass is 16.5. The third kappa shape index (κ3) is 5.68. The van der Waals surface area contributed by atoms with Crippen molar-refractivity contribution in [2.45, 2.75) is 70.6 Å². The fourth-order valence-corrected chi connectivity index (χ4v) is 2.81. The van der Waals surface area contributed by atoms with Gasteiger partial charge in [-0.2, -0.15) is 0 Å². The van der Waals surface area contributed by atoms with Gasteiger partial charge in [0.25, 0.3) is 0 Å². The number of hydrogen-bond acceptors (Lipinski definition) is 3. The molecule has 21 heavy (non-hydrogen) atoms. The second kappa shape index (κ2) is 8.40. The number of benzene rings is 1. The quantitative estimate of drug-likeness (QED) is 0.798. The Bertz CT molecular complexity index is 394. The Morgan fingerprint density at radius 1 is 1.05 bits per heavy atom. The van der Waals surface area contributed by atoms with Gasteiger partial charge in [-0.05, 0) is 44.4 Å². The first-order valence-corrected chi connectivity index (χ1v) is 8.29. The smallest absolute Gasteiger partial charge is 0.119 e. The number of rotatable bonds is 6. The maximum absolute atomic E-state index is 6.24. The van der Waals surface area contributed by atoms with Gasteiger partial charge in [0, 0.05) is 0 Å². The molecule has 0 amide bonds. The molecular formula is C18H29NO2. The van der Waals surface area contributed by atoms with Gasteiger partial charge in [-0.15, -0.1) is 0 Å². The molecule has 1 atom stereocenters. The van der Waals surface area contributed by atoms with Gasteiger partial charge < -0.3 is 15.2 Å². The van der Waals surface area contributed by atoms with Gasteiger partial charge in [-0.1, -0.05) is 37.8 Å². The van der Waals surface area contributed by atoms with Crippen LogP contribution in [0.25, 0.3) is 0 Å². The summed E-state index contributed by atoms with van der Waals surface area (Å²) in [6, 6.07) is 8.00. The molecule has 0 heterocycles. The van der Waals surface area contributed by atoms with E-state index in [0.29, 0.717) is 12.7 Å². The molecule has 0 aliphatic heterocycles. The van der Waals surface area contributed by atoms with Gasteiger partial charge in [-0.25, -0.2) is 0 Å². The van der Waals surface area contributed by atoms with Crippen LogP contribution in [0.2, 0.25) is 0 Å². The summed E-state index contributed by atoms with van der Waals surface area (Å²) in [6.07, 6.45) is 8.27. The molecule has 0 saturated heterocycles. The van der Waals surface area contributed by atoms with Gasteiger partial charge in [0.15, 0.2) is 0 Å². The second-order valence-corrected chi connectivity index (χ2v) is 6.29. The fourth-order valence-electron chi connectivity index (χ4n) is 2.81. The molecule has 1 aromatic carbocycles. The van der Waals surface area contributed by atoms with Crippen molar-refractivity contribution < 1.29 is 9.47 Å². The average molecular weight is 291 g/mol. The molecule has 2 rings (SSSR count). The Morgan fingerprint density at radius 2 is 1.67 bits per heavy atom. The van der Waals surface area contributed by atoms with Crippen LogP contribution in [0.1, 0.15) is 64.0 Å². The van der Waals surface area contributed by atoms with Gasteiger partial charge in [-0.3, -0.25) is 0 Å². The van der Waals surface area contributed by atoms with Gasteiger partial charge in [0.1, 0.15) is 5.75 Å². The molecule has 0 radical (unpaired) electrons. The van der Waals surface area contributed by atoms with Crippen molar-refractivity contribution in [1.29, 1.82) is 0 Å². The Hall–Kier alpha value is -1.06. The first-order valence-electron chi connectivity index (χ1n) is 8.29. The molecule has 1 saturated carbocycles. The molecule has 1 unspecified atom stereocenters. The lowest BCUT2D eigenvalue weighted by atomic mass is 10.1. The van der Waals surface area contributed by atoms with Crippen molar-refractivity contribution >= 4 is 0 Å². The largest absolute Gasteiger partial charge is 0.491 e. The number of ether oxygens (including phenoxy) is 2. The molecule has 3 heteroatoms. The summed E-state index contributed by atoms with van der Waals surface area (Å²) in [4.78, 5) is 0. The van der Waals surface area contributed by atoms with Crippen molar-refractivity contribution in [2.24, 2.45) is 5.73 Å². The standard InChI is InChI=1S/C18H29NO2/c1-14(2)21-17-11-9-15(10-12-17)18(19)13-20-16-7-5-3-4-6-8-16/h9-12,14,16,18H,3-8,13,19H2,1-2H3. The third-order valence-electron chi connectivity index (χ3n) is 3.99. The van der Waals surface area contributed by atoms with Gasteiger partial charge in [0.2, 0.25) is 0 Å². The summed E-state index contributed by atoms with van der Waals surface area (Å²) in [5.41, 5.74) is 7.35. The highest BCUT2D eigenvalue weighted by Gasteiger charge is 2.15. The van der Waals surface area contributed by atoms with E-state index in [1.54, 1.807) is 0 Å².